The molecule has 0 aliphatic carbocycles. The van der Waals surface area contributed by atoms with Gasteiger partial charge in [0.25, 0.3) is 0 Å². The van der Waals surface area contributed by atoms with Gasteiger partial charge in [-0.1, -0.05) is 35.3 Å². The molecule has 4 heteroatoms. The predicted octanol–water partition coefficient (Wildman–Crippen LogP) is 1.90. The molecule has 0 saturated carbocycles. The molecule has 0 unspecified atom stereocenters. The Labute approximate surface area is 81.3 Å². The third-order valence-corrected chi connectivity index (χ3v) is 8.41. The Kier molecular flexibility index (Phi) is 2.15. The average molecular weight is 208 g/mol. The van der Waals surface area contributed by atoms with Gasteiger partial charge in [-0.2, -0.15) is 0 Å². The molecule has 0 aromatic carbocycles. The predicted molar refractivity (Wildman–Crippen MR) is 57.1 cm³/mol. The van der Waals surface area contributed by atoms with Crippen LogP contribution in [0.5, 0.6) is 0 Å². The third-order valence-electron chi connectivity index (χ3n) is 2.66. The van der Waals surface area contributed by atoms with Crippen molar-refractivity contribution in [2.75, 3.05) is 37.9 Å². The maximum atomic E-state index is 2.41. The molecule has 0 radical (unpaired) electrons. The molecular formula is C7H14NS3+. The van der Waals surface area contributed by atoms with E-state index in [1.54, 1.807) is 0 Å². The summed E-state index contributed by atoms with van der Waals surface area (Å²) in [6.07, 6.45) is 2.26. The van der Waals surface area contributed by atoms with Crippen molar-refractivity contribution in [1.82, 2.24) is 0 Å². The Morgan fingerprint density at radius 2 is 1.82 bits per heavy atom. The lowest BCUT2D eigenvalue weighted by Gasteiger charge is -2.36. The van der Waals surface area contributed by atoms with Crippen LogP contribution in [-0.2, 0) is 0 Å². The molecule has 2 saturated heterocycles. The number of thioether (sulfide) groups is 3. The van der Waals surface area contributed by atoms with Crippen molar-refractivity contribution in [1.29, 1.82) is 0 Å². The van der Waals surface area contributed by atoms with Crippen LogP contribution >= 0.6 is 35.3 Å². The number of quaternary nitrogens is 1. The average Bonchev–Trinajstić information content (AvgIpc) is 2.41. The number of hydrogen-bond acceptors (Lipinski definition) is 3. The highest BCUT2D eigenvalue weighted by atomic mass is 32.3. The second-order valence-corrected chi connectivity index (χ2v) is 7.62. The summed E-state index contributed by atoms with van der Waals surface area (Å²) >= 11 is 6.36. The van der Waals surface area contributed by atoms with E-state index in [1.807, 2.05) is 11.8 Å². The number of rotatable bonds is 1. The van der Waals surface area contributed by atoms with Gasteiger partial charge in [0.2, 0.25) is 3.54 Å². The molecule has 2 aliphatic heterocycles. The van der Waals surface area contributed by atoms with Crippen LogP contribution in [0.25, 0.3) is 0 Å². The van der Waals surface area contributed by atoms with E-state index in [0.29, 0.717) is 3.54 Å². The second-order valence-electron chi connectivity index (χ2n) is 3.27. The first kappa shape index (κ1) is 8.60. The Bertz CT molecular complexity index is 161. The molecule has 2 aliphatic rings. The van der Waals surface area contributed by atoms with Gasteiger partial charge >= 0.3 is 0 Å². The van der Waals surface area contributed by atoms with Crippen LogP contribution in [0.2, 0.25) is 0 Å². The van der Waals surface area contributed by atoms with Crippen LogP contribution in [0.3, 0.4) is 0 Å². The Morgan fingerprint density at radius 3 is 2.18 bits per heavy atom. The molecule has 0 atom stereocenters. The summed E-state index contributed by atoms with van der Waals surface area (Å²) in [5.41, 5.74) is 0. The molecule has 0 aromatic rings. The fraction of sp³-hybridized carbons (Fsp3) is 1.00. The Balaban J connectivity index is 2.28. The van der Waals surface area contributed by atoms with Gasteiger partial charge in [-0.15, -0.1) is 0 Å². The van der Waals surface area contributed by atoms with E-state index in [2.05, 4.69) is 36.8 Å². The summed E-state index contributed by atoms with van der Waals surface area (Å²) in [5, 5.41) is 0. The zero-order valence-electron chi connectivity index (χ0n) is 7.00. The highest BCUT2D eigenvalue weighted by Crippen LogP contribution is 2.59. The van der Waals surface area contributed by atoms with Crippen LogP contribution in [0.4, 0.5) is 0 Å². The molecule has 64 valence electrons. The van der Waals surface area contributed by atoms with E-state index >= 15 is 0 Å². The van der Waals surface area contributed by atoms with Crippen molar-refractivity contribution < 1.29 is 4.48 Å². The molecular weight excluding hydrogens is 194 g/mol. The zero-order chi connectivity index (χ0) is 7.95. The summed E-state index contributed by atoms with van der Waals surface area (Å²) in [6.45, 7) is 2.75. The highest BCUT2D eigenvalue weighted by Gasteiger charge is 2.57. The summed E-state index contributed by atoms with van der Waals surface area (Å²) in [6, 6.07) is 0. The van der Waals surface area contributed by atoms with Crippen molar-refractivity contribution in [3.05, 3.63) is 0 Å². The number of nitrogens with zero attached hydrogens (tertiary/aromatic N) is 1. The molecule has 0 aromatic heterocycles. The van der Waals surface area contributed by atoms with E-state index < -0.39 is 0 Å². The normalized spacial score (nSPS) is 49.6. The van der Waals surface area contributed by atoms with Crippen molar-refractivity contribution in [3.63, 3.8) is 0 Å². The maximum absolute atomic E-state index is 2.41. The molecule has 2 rings (SSSR count). The lowest BCUT2D eigenvalue weighted by atomic mass is 10.5. The van der Waals surface area contributed by atoms with Crippen LogP contribution in [-0.4, -0.2) is 45.9 Å². The van der Waals surface area contributed by atoms with Crippen molar-refractivity contribution >= 4 is 35.3 Å². The lowest BCUT2D eigenvalue weighted by molar-refractivity contribution is -0.900. The first-order valence-electron chi connectivity index (χ1n) is 3.90. The zero-order valence-corrected chi connectivity index (χ0v) is 9.45. The maximum Gasteiger partial charge on any atom is 0.240 e. The van der Waals surface area contributed by atoms with Gasteiger partial charge in [0.1, 0.15) is 0 Å². The fourth-order valence-corrected chi connectivity index (χ4v) is 7.22. The van der Waals surface area contributed by atoms with E-state index in [1.165, 1.54) is 29.1 Å². The SMILES string of the molecule is CSC12SCC[N+]1(C)CCS2. The van der Waals surface area contributed by atoms with Gasteiger partial charge in [0.15, 0.2) is 0 Å². The van der Waals surface area contributed by atoms with Crippen LogP contribution in [0.1, 0.15) is 0 Å². The van der Waals surface area contributed by atoms with E-state index in [9.17, 15) is 0 Å². The van der Waals surface area contributed by atoms with E-state index in [4.69, 9.17) is 0 Å². The van der Waals surface area contributed by atoms with Crippen LogP contribution in [0, 0.1) is 0 Å². The van der Waals surface area contributed by atoms with Gasteiger partial charge in [-0.25, -0.2) is 0 Å². The molecule has 0 amide bonds. The van der Waals surface area contributed by atoms with E-state index in [0.717, 1.165) is 0 Å². The van der Waals surface area contributed by atoms with Crippen molar-refractivity contribution in [2.45, 2.75) is 3.54 Å². The molecule has 1 nitrogen and oxygen atoms in total. The first-order valence-corrected chi connectivity index (χ1v) is 7.10. The van der Waals surface area contributed by atoms with Gasteiger partial charge in [-0.3, -0.25) is 4.48 Å². The van der Waals surface area contributed by atoms with Gasteiger partial charge in [0, 0.05) is 0 Å². The molecule has 2 fully saturated rings. The standard InChI is InChI=1S/C7H14NS3/c1-8-3-5-10-7(8,9-2)11-6-4-8/h3-6H2,1-2H3/q+1. The topological polar surface area (TPSA) is 0 Å². The fourth-order valence-electron chi connectivity index (χ4n) is 1.83. The minimum atomic E-state index is 0.472. The second kappa shape index (κ2) is 2.76. The minimum Gasteiger partial charge on any atom is -0.294 e. The van der Waals surface area contributed by atoms with Crippen LogP contribution in [0.15, 0.2) is 0 Å². The van der Waals surface area contributed by atoms with E-state index in [-0.39, 0.29) is 0 Å². The quantitative estimate of drug-likeness (QED) is 0.604. The molecule has 2 heterocycles. The largest absolute Gasteiger partial charge is 0.294 e. The molecule has 0 bridgehead atoms. The van der Waals surface area contributed by atoms with Gasteiger partial charge < -0.3 is 0 Å². The van der Waals surface area contributed by atoms with Gasteiger partial charge in [0.05, 0.1) is 31.6 Å². The highest BCUT2D eigenvalue weighted by molar-refractivity contribution is 8.33. The summed E-state index contributed by atoms with van der Waals surface area (Å²) in [5.74, 6) is 2.70. The Hall–Kier alpha value is 1.01. The summed E-state index contributed by atoms with van der Waals surface area (Å²) in [7, 11) is 2.41. The van der Waals surface area contributed by atoms with Crippen LogP contribution < -0.4 is 0 Å². The lowest BCUT2D eigenvalue weighted by Crippen LogP contribution is -2.49. The molecule has 11 heavy (non-hydrogen) atoms. The van der Waals surface area contributed by atoms with Crippen molar-refractivity contribution in [2.24, 2.45) is 0 Å². The summed E-state index contributed by atoms with van der Waals surface area (Å²) in [4.78, 5) is 0. The minimum absolute atomic E-state index is 0.472. The summed E-state index contributed by atoms with van der Waals surface area (Å²) < 4.78 is 1.77. The monoisotopic (exact) mass is 208 g/mol. The smallest absolute Gasteiger partial charge is 0.240 e. The third kappa shape index (κ3) is 1.06. The molecule has 0 spiro atoms. The first-order chi connectivity index (χ1) is 5.22. The Morgan fingerprint density at radius 1 is 1.27 bits per heavy atom. The van der Waals surface area contributed by atoms with Gasteiger partial charge in [-0.05, 0) is 6.26 Å². The number of fused-ring (bicyclic) bond motifs is 1. The van der Waals surface area contributed by atoms with Crippen molar-refractivity contribution in [3.8, 4) is 0 Å². The number of hydrogen-bond donors (Lipinski definition) is 0. The molecule has 0 N–H and O–H groups in total.